The summed E-state index contributed by atoms with van der Waals surface area (Å²) >= 11 is 5.74. The Balaban J connectivity index is 2.82. The summed E-state index contributed by atoms with van der Waals surface area (Å²) in [6, 6.07) is 4.52. The van der Waals surface area contributed by atoms with Gasteiger partial charge in [0.15, 0.2) is 9.84 Å². The second kappa shape index (κ2) is 5.38. The molecule has 0 atom stereocenters. The molecule has 1 aromatic carbocycles. The summed E-state index contributed by atoms with van der Waals surface area (Å²) in [6.45, 7) is 3.11. The average molecular weight is 305 g/mol. The topological polar surface area (TPSA) is 89.3 Å². The Morgan fingerprint density at radius 1 is 1.42 bits per heavy atom. The van der Waals surface area contributed by atoms with Crippen LogP contribution in [0.2, 0.25) is 5.02 Å². The van der Waals surface area contributed by atoms with E-state index in [9.17, 15) is 13.2 Å². The average Bonchev–Trinajstić information content (AvgIpc) is 2.24. The molecule has 7 heteroatoms. The number of carbonyl (C=O) groups is 1. The molecular formula is C12H17ClN2O3S. The van der Waals surface area contributed by atoms with Gasteiger partial charge in [-0.2, -0.15) is 0 Å². The number of hydrogen-bond acceptors (Lipinski definition) is 4. The van der Waals surface area contributed by atoms with E-state index in [4.69, 9.17) is 17.3 Å². The van der Waals surface area contributed by atoms with Crippen LogP contribution >= 0.6 is 11.6 Å². The van der Waals surface area contributed by atoms with Crippen molar-refractivity contribution < 1.29 is 13.2 Å². The van der Waals surface area contributed by atoms with Crippen molar-refractivity contribution in [2.75, 3.05) is 18.5 Å². The number of hydrogen-bond donors (Lipinski definition) is 2. The molecule has 0 aliphatic heterocycles. The number of carbonyl (C=O) groups excluding carboxylic acids is 1. The van der Waals surface area contributed by atoms with Gasteiger partial charge in [0.25, 0.3) is 5.91 Å². The standard InChI is InChI=1S/C12H17ClN2O3S/c1-12(2,19(3,17)18)7-15-11(16)9-5-4-8(13)6-10(9)14/h4-6H,7,14H2,1-3H3,(H,15,16). The van der Waals surface area contributed by atoms with Crippen molar-refractivity contribution in [2.24, 2.45) is 0 Å². The van der Waals surface area contributed by atoms with Crippen LogP contribution in [-0.2, 0) is 9.84 Å². The van der Waals surface area contributed by atoms with Crippen LogP contribution in [0.1, 0.15) is 24.2 Å². The number of nitrogen functional groups attached to an aromatic ring is 1. The lowest BCUT2D eigenvalue weighted by atomic mass is 10.1. The minimum Gasteiger partial charge on any atom is -0.398 e. The first-order valence-corrected chi connectivity index (χ1v) is 7.84. The van der Waals surface area contributed by atoms with E-state index in [1.165, 1.54) is 12.1 Å². The number of anilines is 1. The molecule has 0 aromatic heterocycles. The first kappa shape index (κ1) is 15.8. The van der Waals surface area contributed by atoms with E-state index in [0.29, 0.717) is 5.02 Å². The summed E-state index contributed by atoms with van der Waals surface area (Å²) in [5, 5.41) is 3.00. The van der Waals surface area contributed by atoms with Crippen molar-refractivity contribution >= 4 is 33.0 Å². The minimum atomic E-state index is -3.26. The number of nitrogens with one attached hydrogen (secondary N) is 1. The van der Waals surface area contributed by atoms with Crippen molar-refractivity contribution in [3.63, 3.8) is 0 Å². The van der Waals surface area contributed by atoms with E-state index in [-0.39, 0.29) is 17.8 Å². The van der Waals surface area contributed by atoms with Gasteiger partial charge in [-0.15, -0.1) is 0 Å². The SMILES string of the molecule is CC(C)(CNC(=O)c1ccc(Cl)cc1N)S(C)(=O)=O. The van der Waals surface area contributed by atoms with E-state index in [1.54, 1.807) is 19.9 Å². The highest BCUT2D eigenvalue weighted by molar-refractivity contribution is 7.92. The van der Waals surface area contributed by atoms with Crippen LogP contribution < -0.4 is 11.1 Å². The smallest absolute Gasteiger partial charge is 0.253 e. The Morgan fingerprint density at radius 2 is 2.00 bits per heavy atom. The molecule has 0 aliphatic carbocycles. The number of halogens is 1. The number of benzene rings is 1. The Labute approximate surface area is 118 Å². The van der Waals surface area contributed by atoms with Gasteiger partial charge in [0, 0.05) is 23.5 Å². The summed E-state index contributed by atoms with van der Waals surface area (Å²) in [7, 11) is -3.26. The van der Waals surface area contributed by atoms with Crippen LogP contribution in [0.25, 0.3) is 0 Å². The lowest BCUT2D eigenvalue weighted by molar-refractivity contribution is 0.0951. The predicted octanol–water partition coefficient (Wildman–Crippen LogP) is 1.48. The van der Waals surface area contributed by atoms with Crippen LogP contribution in [0.4, 0.5) is 5.69 Å². The molecule has 5 nitrogen and oxygen atoms in total. The van der Waals surface area contributed by atoms with E-state index in [2.05, 4.69) is 5.32 Å². The van der Waals surface area contributed by atoms with Crippen molar-refractivity contribution in [3.05, 3.63) is 28.8 Å². The maximum atomic E-state index is 11.9. The molecule has 0 aliphatic rings. The molecule has 3 N–H and O–H groups in total. The molecule has 106 valence electrons. The van der Waals surface area contributed by atoms with Gasteiger partial charge in [-0.05, 0) is 32.0 Å². The van der Waals surface area contributed by atoms with E-state index >= 15 is 0 Å². The van der Waals surface area contributed by atoms with Gasteiger partial charge in [-0.25, -0.2) is 8.42 Å². The summed E-state index contributed by atoms with van der Waals surface area (Å²) in [4.78, 5) is 11.9. The van der Waals surface area contributed by atoms with Gasteiger partial charge in [0.1, 0.15) is 0 Å². The minimum absolute atomic E-state index is 0.00668. The van der Waals surface area contributed by atoms with Crippen LogP contribution in [-0.4, -0.2) is 31.9 Å². The molecule has 0 saturated carbocycles. The Hall–Kier alpha value is -1.27. The number of nitrogens with two attached hydrogens (primary N) is 1. The van der Waals surface area contributed by atoms with E-state index < -0.39 is 20.5 Å². The fourth-order valence-electron chi connectivity index (χ4n) is 1.26. The third-order valence-corrected chi connectivity index (χ3v) is 5.32. The van der Waals surface area contributed by atoms with Crippen LogP contribution in [0.15, 0.2) is 18.2 Å². The van der Waals surface area contributed by atoms with Crippen LogP contribution in [0.3, 0.4) is 0 Å². The maximum absolute atomic E-state index is 11.9. The number of amides is 1. The summed E-state index contributed by atoms with van der Waals surface area (Å²) in [6.07, 6.45) is 1.13. The summed E-state index contributed by atoms with van der Waals surface area (Å²) < 4.78 is 22.0. The van der Waals surface area contributed by atoms with Gasteiger partial charge in [-0.1, -0.05) is 11.6 Å². The molecule has 1 amide bonds. The van der Waals surface area contributed by atoms with Crippen LogP contribution in [0, 0.1) is 0 Å². The molecule has 19 heavy (non-hydrogen) atoms. The second-order valence-electron chi connectivity index (χ2n) is 4.95. The summed E-state index contributed by atoms with van der Waals surface area (Å²) in [5.74, 6) is -0.425. The molecule has 0 unspecified atom stereocenters. The fraction of sp³-hybridized carbons (Fsp3) is 0.417. The molecule has 0 saturated heterocycles. The zero-order chi connectivity index (χ0) is 14.8. The Morgan fingerprint density at radius 3 is 2.47 bits per heavy atom. The molecule has 0 heterocycles. The molecule has 0 spiro atoms. The zero-order valence-electron chi connectivity index (χ0n) is 11.0. The van der Waals surface area contributed by atoms with E-state index in [1.807, 2.05) is 0 Å². The molecule has 0 bridgehead atoms. The Kier molecular flexibility index (Phi) is 4.47. The molecule has 1 aromatic rings. The lowest BCUT2D eigenvalue weighted by Gasteiger charge is -2.22. The first-order valence-electron chi connectivity index (χ1n) is 5.57. The molecule has 0 fully saturated rings. The predicted molar refractivity (Wildman–Crippen MR) is 77.1 cm³/mol. The molecule has 1 rings (SSSR count). The highest BCUT2D eigenvalue weighted by Crippen LogP contribution is 2.18. The highest BCUT2D eigenvalue weighted by Gasteiger charge is 2.30. The second-order valence-corrected chi connectivity index (χ2v) is 8.03. The van der Waals surface area contributed by atoms with Gasteiger partial charge >= 0.3 is 0 Å². The third kappa shape index (κ3) is 3.84. The molecule has 0 radical (unpaired) electrons. The summed E-state index contributed by atoms with van der Waals surface area (Å²) in [5.41, 5.74) is 6.21. The fourth-order valence-corrected chi connectivity index (χ4v) is 1.77. The van der Waals surface area contributed by atoms with Crippen LogP contribution in [0.5, 0.6) is 0 Å². The monoisotopic (exact) mass is 304 g/mol. The first-order chi connectivity index (χ1) is 8.54. The van der Waals surface area contributed by atoms with Gasteiger partial charge in [0.2, 0.25) is 0 Å². The Bertz CT molecular complexity index is 597. The molecular weight excluding hydrogens is 288 g/mol. The quantitative estimate of drug-likeness (QED) is 0.824. The highest BCUT2D eigenvalue weighted by atomic mass is 35.5. The van der Waals surface area contributed by atoms with Gasteiger partial charge < -0.3 is 11.1 Å². The van der Waals surface area contributed by atoms with Gasteiger partial charge in [-0.3, -0.25) is 4.79 Å². The van der Waals surface area contributed by atoms with Gasteiger partial charge in [0.05, 0.1) is 10.3 Å². The van der Waals surface area contributed by atoms with Crippen molar-refractivity contribution in [1.29, 1.82) is 0 Å². The van der Waals surface area contributed by atoms with Crippen molar-refractivity contribution in [3.8, 4) is 0 Å². The largest absolute Gasteiger partial charge is 0.398 e. The normalized spacial score (nSPS) is 12.2. The zero-order valence-corrected chi connectivity index (χ0v) is 12.6. The number of rotatable bonds is 4. The number of sulfone groups is 1. The third-order valence-electron chi connectivity index (χ3n) is 2.94. The lowest BCUT2D eigenvalue weighted by Crippen LogP contribution is -2.43. The van der Waals surface area contributed by atoms with Crippen molar-refractivity contribution in [1.82, 2.24) is 5.32 Å². The van der Waals surface area contributed by atoms with Crippen molar-refractivity contribution in [2.45, 2.75) is 18.6 Å². The van der Waals surface area contributed by atoms with E-state index in [0.717, 1.165) is 6.26 Å². The maximum Gasteiger partial charge on any atom is 0.253 e.